The van der Waals surface area contributed by atoms with E-state index in [1.807, 2.05) is 0 Å². The third-order valence-corrected chi connectivity index (χ3v) is 2.86. The Bertz CT molecular complexity index is 436. The van der Waals surface area contributed by atoms with Crippen molar-refractivity contribution in [3.8, 4) is 0 Å². The zero-order chi connectivity index (χ0) is 12.3. The minimum absolute atomic E-state index is 0.196. The Morgan fingerprint density at radius 1 is 1.29 bits per heavy atom. The van der Waals surface area contributed by atoms with E-state index in [0.717, 1.165) is 24.1 Å². The second kappa shape index (κ2) is 5.13. The highest BCUT2D eigenvalue weighted by atomic mass is 19.1. The average Bonchev–Trinajstić information content (AvgIpc) is 2.67. The predicted molar refractivity (Wildman–Crippen MR) is 65.0 cm³/mol. The van der Waals surface area contributed by atoms with Crippen molar-refractivity contribution < 1.29 is 9.18 Å². The first-order valence-electron chi connectivity index (χ1n) is 5.88. The van der Waals surface area contributed by atoms with E-state index in [1.54, 1.807) is 18.2 Å². The van der Waals surface area contributed by atoms with E-state index >= 15 is 0 Å². The molecular formula is C14H16FNO. The van der Waals surface area contributed by atoms with Gasteiger partial charge in [-0.1, -0.05) is 12.1 Å². The molecule has 90 valence electrons. The monoisotopic (exact) mass is 233 g/mol. The van der Waals surface area contributed by atoms with Crippen molar-refractivity contribution >= 4 is 5.78 Å². The van der Waals surface area contributed by atoms with Gasteiger partial charge in [-0.05, 0) is 37.5 Å². The summed E-state index contributed by atoms with van der Waals surface area (Å²) < 4.78 is 12.7. The number of carbonyl (C=O) groups excluding carboxylic acids is 1. The first-order valence-corrected chi connectivity index (χ1v) is 5.88. The number of allylic oxidation sites excluding steroid dienone is 2. The summed E-state index contributed by atoms with van der Waals surface area (Å²) in [7, 11) is 0. The lowest BCUT2D eigenvalue weighted by Gasteiger charge is -2.15. The van der Waals surface area contributed by atoms with Crippen LogP contribution in [-0.2, 0) is 11.2 Å². The number of rotatable bonds is 4. The Kier molecular flexibility index (Phi) is 3.57. The fraction of sp³-hybridized carbons (Fsp3) is 0.357. The summed E-state index contributed by atoms with van der Waals surface area (Å²) in [5.41, 5.74) is 2.11. The molecule has 1 aromatic rings. The summed E-state index contributed by atoms with van der Waals surface area (Å²) in [6.45, 7) is 2.06. The molecule has 1 unspecified atom stereocenters. The van der Waals surface area contributed by atoms with Gasteiger partial charge < -0.3 is 5.32 Å². The molecule has 17 heavy (non-hydrogen) atoms. The Hall–Kier alpha value is -1.64. The van der Waals surface area contributed by atoms with E-state index in [-0.39, 0.29) is 17.6 Å². The van der Waals surface area contributed by atoms with Crippen LogP contribution in [0, 0.1) is 5.82 Å². The molecule has 2 nitrogen and oxygen atoms in total. The molecule has 1 atom stereocenters. The lowest BCUT2D eigenvalue weighted by molar-refractivity contribution is -0.114. The molecule has 1 aromatic carbocycles. The first-order chi connectivity index (χ1) is 8.13. The quantitative estimate of drug-likeness (QED) is 0.866. The van der Waals surface area contributed by atoms with Crippen LogP contribution in [0.15, 0.2) is 36.0 Å². The molecule has 1 aliphatic carbocycles. The van der Waals surface area contributed by atoms with Crippen LogP contribution in [-0.4, -0.2) is 11.8 Å². The Morgan fingerprint density at radius 3 is 2.59 bits per heavy atom. The molecule has 0 bridgehead atoms. The van der Waals surface area contributed by atoms with E-state index in [9.17, 15) is 9.18 Å². The lowest BCUT2D eigenvalue weighted by atomic mass is 10.1. The molecule has 0 saturated carbocycles. The van der Waals surface area contributed by atoms with Crippen LogP contribution in [0.2, 0.25) is 0 Å². The van der Waals surface area contributed by atoms with Gasteiger partial charge in [-0.3, -0.25) is 4.79 Å². The van der Waals surface area contributed by atoms with Gasteiger partial charge in [0.05, 0.1) is 0 Å². The van der Waals surface area contributed by atoms with Gasteiger partial charge in [0, 0.05) is 24.2 Å². The SMILES string of the molecule is CC(Cc1ccc(F)cc1)NC1=CC(=O)CC1. The summed E-state index contributed by atoms with van der Waals surface area (Å²) >= 11 is 0. The third kappa shape index (κ3) is 3.41. The van der Waals surface area contributed by atoms with Crippen molar-refractivity contribution in [1.29, 1.82) is 0 Å². The molecule has 0 amide bonds. The van der Waals surface area contributed by atoms with Crippen LogP contribution in [0.3, 0.4) is 0 Å². The van der Waals surface area contributed by atoms with Crippen molar-refractivity contribution in [2.75, 3.05) is 0 Å². The number of hydrogen-bond donors (Lipinski definition) is 1. The minimum Gasteiger partial charge on any atom is -0.385 e. The van der Waals surface area contributed by atoms with Gasteiger partial charge in [0.2, 0.25) is 0 Å². The molecule has 0 spiro atoms. The summed E-state index contributed by atoms with van der Waals surface area (Å²) in [6, 6.07) is 6.78. The van der Waals surface area contributed by atoms with Gasteiger partial charge in [0.15, 0.2) is 5.78 Å². The average molecular weight is 233 g/mol. The molecule has 1 N–H and O–H groups in total. The molecule has 0 fully saturated rings. The van der Waals surface area contributed by atoms with Crippen LogP contribution in [0.5, 0.6) is 0 Å². The van der Waals surface area contributed by atoms with Gasteiger partial charge in [-0.25, -0.2) is 4.39 Å². The maximum Gasteiger partial charge on any atom is 0.157 e. The molecule has 1 aliphatic rings. The molecule has 0 heterocycles. The highest BCUT2D eigenvalue weighted by molar-refractivity contribution is 5.92. The summed E-state index contributed by atoms with van der Waals surface area (Å²) in [6.07, 6.45) is 3.94. The van der Waals surface area contributed by atoms with E-state index < -0.39 is 0 Å². The highest BCUT2D eigenvalue weighted by Crippen LogP contribution is 2.14. The number of hydrogen-bond acceptors (Lipinski definition) is 2. The predicted octanol–water partition coefficient (Wildman–Crippen LogP) is 2.59. The molecule has 0 aliphatic heterocycles. The summed E-state index contributed by atoms with van der Waals surface area (Å²) in [5, 5.41) is 3.32. The number of carbonyl (C=O) groups is 1. The van der Waals surface area contributed by atoms with E-state index in [2.05, 4.69) is 12.2 Å². The van der Waals surface area contributed by atoms with Crippen LogP contribution in [0.1, 0.15) is 25.3 Å². The largest absolute Gasteiger partial charge is 0.385 e. The third-order valence-electron chi connectivity index (χ3n) is 2.86. The van der Waals surface area contributed by atoms with Gasteiger partial charge in [0.25, 0.3) is 0 Å². The molecule has 0 saturated heterocycles. The smallest absolute Gasteiger partial charge is 0.157 e. The molecule has 0 aromatic heterocycles. The fourth-order valence-electron chi connectivity index (χ4n) is 2.05. The Morgan fingerprint density at radius 2 is 2.00 bits per heavy atom. The van der Waals surface area contributed by atoms with E-state index in [1.165, 1.54) is 12.1 Å². The second-order valence-corrected chi connectivity index (χ2v) is 4.51. The Balaban J connectivity index is 1.89. The van der Waals surface area contributed by atoms with Crippen LogP contribution >= 0.6 is 0 Å². The topological polar surface area (TPSA) is 29.1 Å². The minimum atomic E-state index is -0.210. The maximum atomic E-state index is 12.7. The number of benzene rings is 1. The number of halogens is 1. The van der Waals surface area contributed by atoms with Crippen molar-refractivity contribution in [2.45, 2.75) is 32.2 Å². The zero-order valence-electron chi connectivity index (χ0n) is 9.87. The maximum absolute atomic E-state index is 12.7. The molecular weight excluding hydrogens is 217 g/mol. The van der Waals surface area contributed by atoms with E-state index in [4.69, 9.17) is 0 Å². The van der Waals surface area contributed by atoms with Gasteiger partial charge in [-0.2, -0.15) is 0 Å². The lowest BCUT2D eigenvalue weighted by Crippen LogP contribution is -2.26. The first kappa shape index (κ1) is 11.8. The zero-order valence-corrected chi connectivity index (χ0v) is 9.87. The van der Waals surface area contributed by atoms with Crippen molar-refractivity contribution in [3.05, 3.63) is 47.4 Å². The molecule has 3 heteroatoms. The second-order valence-electron chi connectivity index (χ2n) is 4.51. The van der Waals surface area contributed by atoms with Crippen molar-refractivity contribution in [2.24, 2.45) is 0 Å². The van der Waals surface area contributed by atoms with Crippen LogP contribution in [0.25, 0.3) is 0 Å². The van der Waals surface area contributed by atoms with Crippen molar-refractivity contribution in [1.82, 2.24) is 5.32 Å². The van der Waals surface area contributed by atoms with Crippen molar-refractivity contribution in [3.63, 3.8) is 0 Å². The van der Waals surface area contributed by atoms with Crippen LogP contribution < -0.4 is 5.32 Å². The number of nitrogens with one attached hydrogen (secondary N) is 1. The number of ketones is 1. The van der Waals surface area contributed by atoms with Gasteiger partial charge in [-0.15, -0.1) is 0 Å². The fourth-order valence-corrected chi connectivity index (χ4v) is 2.05. The summed E-state index contributed by atoms with van der Waals surface area (Å²) in [5.74, 6) is -0.0139. The normalized spacial score (nSPS) is 16.8. The standard InChI is InChI=1S/C14H16FNO/c1-10(16-13-6-7-14(17)9-13)8-11-2-4-12(15)5-3-11/h2-5,9-10,16H,6-8H2,1H3. The Labute approximate surface area is 101 Å². The van der Waals surface area contributed by atoms with Gasteiger partial charge >= 0.3 is 0 Å². The molecule has 0 radical (unpaired) electrons. The summed E-state index contributed by atoms with van der Waals surface area (Å²) in [4.78, 5) is 11.1. The van der Waals surface area contributed by atoms with Crippen LogP contribution in [0.4, 0.5) is 4.39 Å². The molecule has 2 rings (SSSR count). The van der Waals surface area contributed by atoms with Gasteiger partial charge in [0.1, 0.15) is 5.82 Å². The van der Waals surface area contributed by atoms with E-state index in [0.29, 0.717) is 6.42 Å². The highest BCUT2D eigenvalue weighted by Gasteiger charge is 2.13.